The lowest BCUT2D eigenvalue weighted by atomic mass is 10.1. The van der Waals surface area contributed by atoms with Gasteiger partial charge in [0.15, 0.2) is 0 Å². The van der Waals surface area contributed by atoms with Gasteiger partial charge < -0.3 is 9.72 Å². The van der Waals surface area contributed by atoms with Crippen molar-refractivity contribution in [2.75, 3.05) is 6.61 Å². The van der Waals surface area contributed by atoms with Crippen molar-refractivity contribution in [1.29, 1.82) is 0 Å². The number of hydrogen-bond donors (Lipinski definition) is 1. The second-order valence-corrected chi connectivity index (χ2v) is 3.75. The van der Waals surface area contributed by atoms with E-state index in [1.807, 2.05) is 30.3 Å². The van der Waals surface area contributed by atoms with Gasteiger partial charge in [0.25, 0.3) is 0 Å². The summed E-state index contributed by atoms with van der Waals surface area (Å²) in [5.41, 5.74) is 2.69. The Morgan fingerprint density at radius 2 is 2.00 bits per heavy atom. The van der Waals surface area contributed by atoms with Crippen LogP contribution >= 0.6 is 0 Å². The molecule has 0 aliphatic rings. The summed E-state index contributed by atoms with van der Waals surface area (Å²) in [6.45, 7) is 2.20. The minimum atomic E-state index is -0.264. The Balaban J connectivity index is 2.17. The first kappa shape index (κ1) is 11.5. The number of carbonyl (C=O) groups is 1. The number of nitrogens with one attached hydrogen (secondary N) is 1. The second kappa shape index (κ2) is 5.34. The first-order valence-corrected chi connectivity index (χ1v) is 5.68. The molecule has 0 spiro atoms. The maximum Gasteiger partial charge on any atom is 0.339 e. The maximum absolute atomic E-state index is 11.7. The third-order valence-electron chi connectivity index (χ3n) is 2.55. The molecule has 2 aromatic rings. The molecule has 0 fully saturated rings. The summed E-state index contributed by atoms with van der Waals surface area (Å²) in [4.78, 5) is 14.8. The first-order valence-electron chi connectivity index (χ1n) is 5.68. The third kappa shape index (κ3) is 2.75. The van der Waals surface area contributed by atoms with Crippen LogP contribution in [0.2, 0.25) is 0 Å². The lowest BCUT2D eigenvalue weighted by Crippen LogP contribution is -2.06. The lowest BCUT2D eigenvalue weighted by Gasteiger charge is -2.04. The van der Waals surface area contributed by atoms with Crippen LogP contribution in [0.3, 0.4) is 0 Å². The predicted octanol–water partition coefficient (Wildman–Crippen LogP) is 2.78. The van der Waals surface area contributed by atoms with E-state index in [9.17, 15) is 4.79 Å². The van der Waals surface area contributed by atoms with Crippen LogP contribution in [0.4, 0.5) is 0 Å². The molecule has 0 aliphatic heterocycles. The normalized spacial score (nSPS) is 10.2. The van der Waals surface area contributed by atoms with E-state index in [1.54, 1.807) is 19.2 Å². The van der Waals surface area contributed by atoms with Crippen LogP contribution < -0.4 is 0 Å². The van der Waals surface area contributed by atoms with Gasteiger partial charge in [-0.3, -0.25) is 0 Å². The van der Waals surface area contributed by atoms with Gasteiger partial charge in [0.1, 0.15) is 0 Å². The van der Waals surface area contributed by atoms with Gasteiger partial charge in [-0.1, -0.05) is 30.3 Å². The molecule has 0 atom stereocenters. The molecule has 0 amide bonds. The highest BCUT2D eigenvalue weighted by Crippen LogP contribution is 2.13. The van der Waals surface area contributed by atoms with Gasteiger partial charge in [-0.15, -0.1) is 0 Å². The largest absolute Gasteiger partial charge is 0.462 e. The molecular formula is C14H15NO2. The van der Waals surface area contributed by atoms with Gasteiger partial charge in [0.05, 0.1) is 12.2 Å². The number of ether oxygens (including phenoxy) is 1. The number of benzene rings is 1. The monoisotopic (exact) mass is 229 g/mol. The van der Waals surface area contributed by atoms with Crippen LogP contribution in [0.1, 0.15) is 28.5 Å². The molecule has 1 heterocycles. The van der Waals surface area contributed by atoms with Crippen molar-refractivity contribution < 1.29 is 9.53 Å². The smallest absolute Gasteiger partial charge is 0.339 e. The molecule has 2 rings (SSSR count). The summed E-state index contributed by atoms with van der Waals surface area (Å²) in [6, 6.07) is 11.8. The molecule has 0 saturated heterocycles. The zero-order valence-electron chi connectivity index (χ0n) is 9.77. The molecule has 0 radical (unpaired) electrons. The number of esters is 1. The van der Waals surface area contributed by atoms with E-state index >= 15 is 0 Å². The Kier molecular flexibility index (Phi) is 3.60. The van der Waals surface area contributed by atoms with E-state index in [-0.39, 0.29) is 5.97 Å². The van der Waals surface area contributed by atoms with Crippen LogP contribution in [-0.2, 0) is 11.2 Å². The minimum absolute atomic E-state index is 0.264. The Hall–Kier alpha value is -2.03. The van der Waals surface area contributed by atoms with Crippen molar-refractivity contribution >= 4 is 5.97 Å². The number of H-pyrrole nitrogens is 1. The first-order chi connectivity index (χ1) is 8.31. The molecule has 3 heteroatoms. The molecule has 88 valence electrons. The highest BCUT2D eigenvalue weighted by atomic mass is 16.5. The Morgan fingerprint density at radius 3 is 2.71 bits per heavy atom. The van der Waals surface area contributed by atoms with Gasteiger partial charge in [-0.25, -0.2) is 4.79 Å². The summed E-state index contributed by atoms with van der Waals surface area (Å²) < 4.78 is 5.01. The lowest BCUT2D eigenvalue weighted by molar-refractivity contribution is 0.0525. The summed E-state index contributed by atoms with van der Waals surface area (Å²) in [6.07, 6.45) is 2.48. The summed E-state index contributed by atoms with van der Waals surface area (Å²) in [7, 11) is 0. The molecule has 0 saturated carbocycles. The third-order valence-corrected chi connectivity index (χ3v) is 2.55. The zero-order chi connectivity index (χ0) is 12.1. The van der Waals surface area contributed by atoms with Crippen LogP contribution in [0.25, 0.3) is 0 Å². The van der Waals surface area contributed by atoms with E-state index in [1.165, 1.54) is 5.56 Å². The predicted molar refractivity (Wildman–Crippen MR) is 66.0 cm³/mol. The second-order valence-electron chi connectivity index (χ2n) is 3.75. The van der Waals surface area contributed by atoms with Crippen molar-refractivity contribution in [3.63, 3.8) is 0 Å². The number of aromatic amines is 1. The van der Waals surface area contributed by atoms with E-state index in [0.29, 0.717) is 18.6 Å². The van der Waals surface area contributed by atoms with Crippen molar-refractivity contribution in [3.05, 3.63) is 59.4 Å². The fourth-order valence-corrected chi connectivity index (χ4v) is 1.75. The van der Waals surface area contributed by atoms with Gasteiger partial charge >= 0.3 is 5.97 Å². The average Bonchev–Trinajstić information content (AvgIpc) is 2.79. The molecule has 0 bridgehead atoms. The number of rotatable bonds is 4. The quantitative estimate of drug-likeness (QED) is 0.819. The van der Waals surface area contributed by atoms with Crippen molar-refractivity contribution in [1.82, 2.24) is 4.98 Å². The molecule has 1 aromatic carbocycles. The molecule has 17 heavy (non-hydrogen) atoms. The van der Waals surface area contributed by atoms with Crippen molar-refractivity contribution in [2.24, 2.45) is 0 Å². The van der Waals surface area contributed by atoms with Gasteiger partial charge in [0, 0.05) is 18.3 Å². The van der Waals surface area contributed by atoms with E-state index < -0.39 is 0 Å². The minimum Gasteiger partial charge on any atom is -0.462 e. The number of hydrogen-bond acceptors (Lipinski definition) is 2. The van der Waals surface area contributed by atoms with Crippen molar-refractivity contribution in [3.8, 4) is 0 Å². The van der Waals surface area contributed by atoms with E-state index in [4.69, 9.17) is 4.74 Å². The van der Waals surface area contributed by atoms with Crippen LogP contribution in [0, 0.1) is 0 Å². The zero-order valence-corrected chi connectivity index (χ0v) is 9.77. The Bertz CT molecular complexity index is 488. The van der Waals surface area contributed by atoms with E-state index in [2.05, 4.69) is 4.98 Å². The highest BCUT2D eigenvalue weighted by Gasteiger charge is 2.13. The van der Waals surface area contributed by atoms with Crippen LogP contribution in [0.5, 0.6) is 0 Å². The average molecular weight is 229 g/mol. The fourth-order valence-electron chi connectivity index (χ4n) is 1.75. The van der Waals surface area contributed by atoms with Crippen molar-refractivity contribution in [2.45, 2.75) is 13.3 Å². The Labute approximate surface area is 100 Å². The maximum atomic E-state index is 11.7. The molecule has 1 aromatic heterocycles. The standard InChI is InChI=1S/C14H15NO2/c1-2-17-14(16)12-8-9-15-13(12)10-11-6-4-3-5-7-11/h3-9,15H,2,10H2,1H3. The molecule has 3 nitrogen and oxygen atoms in total. The number of carbonyl (C=O) groups excluding carboxylic acids is 1. The molecule has 0 unspecified atom stereocenters. The summed E-state index contributed by atoms with van der Waals surface area (Å²) in [5.74, 6) is -0.264. The molecule has 1 N–H and O–H groups in total. The number of aromatic nitrogens is 1. The fraction of sp³-hybridized carbons (Fsp3) is 0.214. The van der Waals surface area contributed by atoms with E-state index in [0.717, 1.165) is 5.69 Å². The molecule has 0 aliphatic carbocycles. The summed E-state index contributed by atoms with van der Waals surface area (Å²) in [5, 5.41) is 0. The highest BCUT2D eigenvalue weighted by molar-refractivity contribution is 5.90. The Morgan fingerprint density at radius 1 is 1.24 bits per heavy atom. The summed E-state index contributed by atoms with van der Waals surface area (Å²) >= 11 is 0. The topological polar surface area (TPSA) is 42.1 Å². The van der Waals surface area contributed by atoms with Gasteiger partial charge in [0.2, 0.25) is 0 Å². The van der Waals surface area contributed by atoms with Crippen LogP contribution in [-0.4, -0.2) is 17.6 Å². The van der Waals surface area contributed by atoms with Gasteiger partial charge in [-0.05, 0) is 18.6 Å². The molecular weight excluding hydrogens is 214 g/mol. The van der Waals surface area contributed by atoms with Gasteiger partial charge in [-0.2, -0.15) is 0 Å². The van der Waals surface area contributed by atoms with Crippen LogP contribution in [0.15, 0.2) is 42.6 Å². The SMILES string of the molecule is CCOC(=O)c1cc[nH]c1Cc1ccccc1.